The molecule has 0 aliphatic carbocycles. The molecule has 3 heterocycles. The number of hydrogen-bond donors (Lipinski definition) is 2. The molecule has 0 atom stereocenters. The van der Waals surface area contributed by atoms with Gasteiger partial charge in [0.25, 0.3) is 5.91 Å². The monoisotopic (exact) mass is 523 g/mol. The molecule has 2 aromatic carbocycles. The lowest BCUT2D eigenvalue weighted by atomic mass is 10.2. The van der Waals surface area contributed by atoms with Gasteiger partial charge in [-0.05, 0) is 60.7 Å². The van der Waals surface area contributed by atoms with E-state index in [0.29, 0.717) is 43.5 Å². The van der Waals surface area contributed by atoms with Crippen molar-refractivity contribution in [2.75, 3.05) is 10.6 Å². The van der Waals surface area contributed by atoms with Gasteiger partial charge in [-0.2, -0.15) is 0 Å². The molecule has 0 aliphatic heterocycles. The first-order valence-corrected chi connectivity index (χ1v) is 11.8. The molecular formula is C25H15Cl2N3O4S. The Kier molecular flexibility index (Phi) is 6.41. The Morgan fingerprint density at radius 1 is 1.00 bits per heavy atom. The van der Waals surface area contributed by atoms with Crippen LogP contribution < -0.4 is 10.6 Å². The van der Waals surface area contributed by atoms with Crippen LogP contribution in [-0.2, 0) is 4.79 Å². The van der Waals surface area contributed by atoms with Crippen LogP contribution in [0.2, 0.25) is 10.0 Å². The number of anilines is 2. The van der Waals surface area contributed by atoms with Crippen LogP contribution >= 0.6 is 34.5 Å². The van der Waals surface area contributed by atoms with E-state index in [0.717, 1.165) is 4.70 Å². The van der Waals surface area contributed by atoms with Crippen LogP contribution in [0.1, 0.15) is 16.3 Å². The second kappa shape index (κ2) is 9.79. The SMILES string of the molecule is O=C(/C=C/c1ccc(-c2cccc(Cl)c2Cl)o1)Nc1ccc2nc(NC(=O)c3ccco3)sc2c1. The van der Waals surface area contributed by atoms with Gasteiger partial charge in [0, 0.05) is 17.3 Å². The summed E-state index contributed by atoms with van der Waals surface area (Å²) in [5.41, 5.74) is 1.95. The molecule has 10 heteroatoms. The van der Waals surface area contributed by atoms with Crippen molar-refractivity contribution in [1.82, 2.24) is 4.98 Å². The topological polar surface area (TPSA) is 97.4 Å². The maximum Gasteiger partial charge on any atom is 0.293 e. The highest BCUT2D eigenvalue weighted by molar-refractivity contribution is 7.22. The standard InChI is InChI=1S/C25H15Cl2N3O4S/c26-17-4-1-3-16(23(17)27)19-10-7-15(34-19)8-11-22(31)28-14-6-9-18-21(13-14)35-25(29-18)30-24(32)20-5-2-12-33-20/h1-13H,(H,28,31)(H,29,30,32)/b11-8+. The lowest BCUT2D eigenvalue weighted by Crippen LogP contribution is -2.10. The van der Waals surface area contributed by atoms with E-state index in [-0.39, 0.29) is 17.6 Å². The van der Waals surface area contributed by atoms with Gasteiger partial charge in [-0.15, -0.1) is 0 Å². The first-order chi connectivity index (χ1) is 17.0. The minimum absolute atomic E-state index is 0.198. The number of fused-ring (bicyclic) bond motifs is 1. The van der Waals surface area contributed by atoms with E-state index in [1.54, 1.807) is 66.7 Å². The van der Waals surface area contributed by atoms with Crippen LogP contribution in [0.15, 0.2) is 81.8 Å². The number of nitrogens with zero attached hydrogens (tertiary/aromatic N) is 1. The van der Waals surface area contributed by atoms with Crippen LogP contribution in [0, 0.1) is 0 Å². The van der Waals surface area contributed by atoms with E-state index in [1.807, 2.05) is 0 Å². The van der Waals surface area contributed by atoms with Crippen molar-refractivity contribution in [1.29, 1.82) is 0 Å². The van der Waals surface area contributed by atoms with Gasteiger partial charge in [-0.1, -0.05) is 40.6 Å². The number of thiazole rings is 1. The Labute approximate surface area is 213 Å². The Balaban J connectivity index is 1.24. The quantitative estimate of drug-likeness (QED) is 0.226. The van der Waals surface area contributed by atoms with E-state index < -0.39 is 0 Å². The molecule has 5 aromatic rings. The summed E-state index contributed by atoms with van der Waals surface area (Å²) in [5.74, 6) is 0.512. The zero-order chi connectivity index (χ0) is 24.4. The van der Waals surface area contributed by atoms with Gasteiger partial charge < -0.3 is 14.2 Å². The van der Waals surface area contributed by atoms with Crippen LogP contribution in [0.25, 0.3) is 27.6 Å². The highest BCUT2D eigenvalue weighted by atomic mass is 35.5. The third-order valence-electron chi connectivity index (χ3n) is 4.86. The second-order valence-corrected chi connectivity index (χ2v) is 9.07. The molecule has 0 radical (unpaired) electrons. The van der Waals surface area contributed by atoms with Gasteiger partial charge in [-0.25, -0.2) is 4.98 Å². The van der Waals surface area contributed by atoms with Crippen LogP contribution in [0.5, 0.6) is 0 Å². The van der Waals surface area contributed by atoms with E-state index in [1.165, 1.54) is 23.7 Å². The van der Waals surface area contributed by atoms with Gasteiger partial charge in [0.2, 0.25) is 5.91 Å². The zero-order valence-electron chi connectivity index (χ0n) is 17.7. The first kappa shape index (κ1) is 22.9. The highest BCUT2D eigenvalue weighted by Gasteiger charge is 2.13. The van der Waals surface area contributed by atoms with Crippen molar-refractivity contribution in [3.05, 3.63) is 94.6 Å². The number of halogens is 2. The summed E-state index contributed by atoms with van der Waals surface area (Å²) >= 11 is 13.6. The number of carbonyl (C=O) groups is 2. The molecule has 0 spiro atoms. The van der Waals surface area contributed by atoms with Crippen molar-refractivity contribution in [3.63, 3.8) is 0 Å². The van der Waals surface area contributed by atoms with E-state index in [4.69, 9.17) is 32.0 Å². The largest absolute Gasteiger partial charge is 0.459 e. The third-order valence-corrected chi connectivity index (χ3v) is 6.62. The fourth-order valence-electron chi connectivity index (χ4n) is 3.25. The van der Waals surface area contributed by atoms with Crippen molar-refractivity contribution < 1.29 is 18.4 Å². The predicted molar refractivity (Wildman–Crippen MR) is 138 cm³/mol. The maximum absolute atomic E-state index is 12.4. The third kappa shape index (κ3) is 5.14. The smallest absolute Gasteiger partial charge is 0.293 e. The number of carbonyl (C=O) groups excluding carboxylic acids is 2. The van der Waals surface area contributed by atoms with E-state index in [9.17, 15) is 9.59 Å². The molecule has 3 aromatic heterocycles. The number of amides is 2. The van der Waals surface area contributed by atoms with Gasteiger partial charge in [0.1, 0.15) is 11.5 Å². The lowest BCUT2D eigenvalue weighted by Gasteiger charge is -2.02. The minimum atomic E-state index is -0.383. The predicted octanol–water partition coefficient (Wildman–Crippen LogP) is 7.36. The van der Waals surface area contributed by atoms with Crippen LogP contribution in [-0.4, -0.2) is 16.8 Å². The summed E-state index contributed by atoms with van der Waals surface area (Å²) in [4.78, 5) is 29.0. The van der Waals surface area contributed by atoms with Crippen molar-refractivity contribution in [2.24, 2.45) is 0 Å². The number of hydrogen-bond acceptors (Lipinski definition) is 6. The molecule has 0 unspecified atom stereocenters. The van der Waals surface area contributed by atoms with E-state index >= 15 is 0 Å². The summed E-state index contributed by atoms with van der Waals surface area (Å²) in [6.45, 7) is 0. The van der Waals surface area contributed by atoms with Crippen molar-refractivity contribution >= 4 is 73.5 Å². The molecule has 0 fully saturated rings. The van der Waals surface area contributed by atoms with Gasteiger partial charge in [0.15, 0.2) is 10.9 Å². The molecule has 35 heavy (non-hydrogen) atoms. The number of benzene rings is 2. The average Bonchev–Trinajstić information content (AvgIpc) is 3.60. The Bertz CT molecular complexity index is 1570. The van der Waals surface area contributed by atoms with Gasteiger partial charge in [0.05, 0.1) is 26.5 Å². The summed E-state index contributed by atoms with van der Waals surface area (Å²) in [5, 5.41) is 6.77. The fourth-order valence-corrected chi connectivity index (χ4v) is 4.54. The normalized spacial score (nSPS) is 11.3. The Hall–Kier alpha value is -3.85. The van der Waals surface area contributed by atoms with Crippen molar-refractivity contribution in [3.8, 4) is 11.3 Å². The number of aromatic nitrogens is 1. The minimum Gasteiger partial charge on any atom is -0.459 e. The number of nitrogens with one attached hydrogen (secondary N) is 2. The molecule has 0 aliphatic rings. The maximum atomic E-state index is 12.4. The van der Waals surface area contributed by atoms with Gasteiger partial charge in [-0.3, -0.25) is 14.9 Å². The summed E-state index contributed by atoms with van der Waals surface area (Å²) < 4.78 is 11.7. The highest BCUT2D eigenvalue weighted by Crippen LogP contribution is 2.34. The van der Waals surface area contributed by atoms with Crippen LogP contribution in [0.3, 0.4) is 0 Å². The molecule has 0 saturated carbocycles. The Morgan fingerprint density at radius 2 is 1.89 bits per heavy atom. The zero-order valence-corrected chi connectivity index (χ0v) is 20.1. The molecule has 0 saturated heterocycles. The van der Waals surface area contributed by atoms with Crippen LogP contribution in [0.4, 0.5) is 10.8 Å². The Morgan fingerprint density at radius 3 is 2.71 bits per heavy atom. The van der Waals surface area contributed by atoms with E-state index in [2.05, 4.69) is 15.6 Å². The second-order valence-electron chi connectivity index (χ2n) is 7.26. The molecule has 2 N–H and O–H groups in total. The summed E-state index contributed by atoms with van der Waals surface area (Å²) in [7, 11) is 0. The number of rotatable bonds is 6. The molecule has 2 amide bonds. The molecular weight excluding hydrogens is 509 g/mol. The van der Waals surface area contributed by atoms with Crippen molar-refractivity contribution in [2.45, 2.75) is 0 Å². The first-order valence-electron chi connectivity index (χ1n) is 10.2. The average molecular weight is 524 g/mol. The van der Waals surface area contributed by atoms with Gasteiger partial charge >= 0.3 is 0 Å². The summed E-state index contributed by atoms with van der Waals surface area (Å²) in [6.07, 6.45) is 4.36. The molecule has 5 rings (SSSR count). The summed E-state index contributed by atoms with van der Waals surface area (Å²) in [6, 6.07) is 17.3. The number of furan rings is 2. The molecule has 7 nitrogen and oxygen atoms in total. The molecule has 174 valence electrons. The fraction of sp³-hybridized carbons (Fsp3) is 0. The lowest BCUT2D eigenvalue weighted by molar-refractivity contribution is -0.111. The molecule has 0 bridgehead atoms.